The van der Waals surface area contributed by atoms with Gasteiger partial charge in [0.05, 0.1) is 36.0 Å². The Morgan fingerprint density at radius 2 is 1.84 bits per heavy atom. The SMILES string of the molecule is C=CC(=O)Nc1cc(Nc2ncc(C(=O)OC(C)C)c(-c3cn(C)c4ccccc34)n2)c(OC)cc1N(C)CCN(C)C.Cl. The summed E-state index contributed by atoms with van der Waals surface area (Å²) in [6.07, 6.45) is 4.31. The van der Waals surface area contributed by atoms with Gasteiger partial charge in [-0.1, -0.05) is 24.8 Å². The fraction of sp³-hybridized carbons (Fsp3) is 0.312. The molecule has 0 unspecified atom stereocenters. The number of esters is 1. The number of nitrogens with one attached hydrogen (secondary N) is 2. The van der Waals surface area contributed by atoms with Crippen molar-refractivity contribution in [2.24, 2.45) is 7.05 Å². The third-order valence-electron chi connectivity index (χ3n) is 6.80. The molecule has 0 spiro atoms. The van der Waals surface area contributed by atoms with E-state index in [1.165, 1.54) is 12.3 Å². The number of para-hydroxylation sites is 1. The van der Waals surface area contributed by atoms with Crippen molar-refractivity contribution in [1.82, 2.24) is 19.4 Å². The Hall–Kier alpha value is -4.61. The second kappa shape index (κ2) is 14.7. The molecule has 4 rings (SSSR count). The Kier molecular flexibility index (Phi) is 11.3. The van der Waals surface area contributed by atoms with Gasteiger partial charge in [-0.25, -0.2) is 14.8 Å². The highest BCUT2D eigenvalue weighted by Crippen LogP contribution is 2.39. The van der Waals surface area contributed by atoms with E-state index in [0.29, 0.717) is 29.4 Å². The van der Waals surface area contributed by atoms with Crippen LogP contribution in [0.4, 0.5) is 23.0 Å². The maximum Gasteiger partial charge on any atom is 0.342 e. The van der Waals surface area contributed by atoms with E-state index >= 15 is 0 Å². The second-order valence-corrected chi connectivity index (χ2v) is 10.7. The fourth-order valence-electron chi connectivity index (χ4n) is 4.63. The summed E-state index contributed by atoms with van der Waals surface area (Å²) in [7, 11) is 9.46. The van der Waals surface area contributed by atoms with Gasteiger partial charge in [0.2, 0.25) is 11.9 Å². The van der Waals surface area contributed by atoms with Gasteiger partial charge in [0.25, 0.3) is 0 Å². The minimum atomic E-state index is -0.512. The number of rotatable bonds is 12. The van der Waals surface area contributed by atoms with E-state index in [9.17, 15) is 9.59 Å². The highest BCUT2D eigenvalue weighted by molar-refractivity contribution is 6.04. The summed E-state index contributed by atoms with van der Waals surface area (Å²) in [6.45, 7) is 8.70. The van der Waals surface area contributed by atoms with Gasteiger partial charge in [-0.15, -0.1) is 12.4 Å². The van der Waals surface area contributed by atoms with Crippen LogP contribution in [-0.4, -0.2) is 78.8 Å². The van der Waals surface area contributed by atoms with Gasteiger partial charge < -0.3 is 34.5 Å². The molecule has 2 aromatic carbocycles. The highest BCUT2D eigenvalue weighted by Gasteiger charge is 2.23. The first-order valence-corrected chi connectivity index (χ1v) is 13.9. The van der Waals surface area contributed by atoms with E-state index in [2.05, 4.69) is 27.1 Å². The van der Waals surface area contributed by atoms with Crippen LogP contribution in [0, 0.1) is 0 Å². The number of amides is 1. The van der Waals surface area contributed by atoms with E-state index in [-0.39, 0.29) is 35.9 Å². The Morgan fingerprint density at radius 3 is 2.50 bits per heavy atom. The molecule has 0 saturated carbocycles. The normalized spacial score (nSPS) is 10.8. The lowest BCUT2D eigenvalue weighted by Gasteiger charge is -2.26. The molecule has 0 aliphatic rings. The minimum Gasteiger partial charge on any atom is -0.494 e. The number of nitrogens with zero attached hydrogens (tertiary/aromatic N) is 5. The molecule has 12 heteroatoms. The largest absolute Gasteiger partial charge is 0.494 e. The Bertz CT molecular complexity index is 1650. The number of likely N-dealkylation sites (N-methyl/N-ethyl adjacent to an activating group) is 2. The topological polar surface area (TPSA) is 114 Å². The van der Waals surface area contributed by atoms with Gasteiger partial charge in [0, 0.05) is 62.1 Å². The smallest absolute Gasteiger partial charge is 0.342 e. The van der Waals surface area contributed by atoms with Crippen molar-refractivity contribution in [1.29, 1.82) is 0 Å². The molecule has 44 heavy (non-hydrogen) atoms. The van der Waals surface area contributed by atoms with Crippen molar-refractivity contribution in [2.75, 3.05) is 56.9 Å². The van der Waals surface area contributed by atoms with Crippen LogP contribution in [0.3, 0.4) is 0 Å². The summed E-state index contributed by atoms with van der Waals surface area (Å²) >= 11 is 0. The van der Waals surface area contributed by atoms with Gasteiger partial charge >= 0.3 is 5.97 Å². The fourth-order valence-corrected chi connectivity index (χ4v) is 4.63. The number of anilines is 4. The lowest BCUT2D eigenvalue weighted by molar-refractivity contribution is -0.111. The maximum atomic E-state index is 13.1. The molecule has 1 amide bonds. The molecule has 2 aromatic heterocycles. The summed E-state index contributed by atoms with van der Waals surface area (Å²) in [5.74, 6) is -0.110. The Morgan fingerprint density at radius 1 is 1.11 bits per heavy atom. The minimum absolute atomic E-state index is 0. The second-order valence-electron chi connectivity index (χ2n) is 10.7. The van der Waals surface area contributed by atoms with E-state index in [4.69, 9.17) is 14.5 Å². The van der Waals surface area contributed by atoms with Crippen LogP contribution in [0.2, 0.25) is 0 Å². The zero-order valence-electron chi connectivity index (χ0n) is 26.2. The average molecular weight is 622 g/mol. The molecule has 11 nitrogen and oxygen atoms in total. The molecule has 4 aromatic rings. The lowest BCUT2D eigenvalue weighted by Crippen LogP contribution is -2.29. The summed E-state index contributed by atoms with van der Waals surface area (Å²) in [6, 6.07) is 11.5. The number of hydrogen-bond acceptors (Lipinski definition) is 9. The number of benzene rings is 2. The Labute approximate surface area is 264 Å². The van der Waals surface area contributed by atoms with Crippen molar-refractivity contribution >= 4 is 58.2 Å². The molecular formula is C32H40ClN7O4. The summed E-state index contributed by atoms with van der Waals surface area (Å²) in [5, 5.41) is 7.06. The van der Waals surface area contributed by atoms with Gasteiger partial charge in [0.15, 0.2) is 0 Å². The van der Waals surface area contributed by atoms with Crippen LogP contribution >= 0.6 is 12.4 Å². The predicted octanol–water partition coefficient (Wildman–Crippen LogP) is 5.50. The quantitative estimate of drug-likeness (QED) is 0.156. The molecule has 0 atom stereocenters. The van der Waals surface area contributed by atoms with Gasteiger partial charge in [-0.05, 0) is 46.2 Å². The number of carbonyl (C=O) groups excluding carboxylic acids is 2. The number of methoxy groups -OCH3 is 1. The van der Waals surface area contributed by atoms with Crippen LogP contribution in [0.1, 0.15) is 24.2 Å². The van der Waals surface area contributed by atoms with Gasteiger partial charge in [-0.2, -0.15) is 0 Å². The number of hydrogen-bond donors (Lipinski definition) is 2. The van der Waals surface area contributed by atoms with Crippen molar-refractivity contribution in [3.05, 3.63) is 67.0 Å². The first-order valence-electron chi connectivity index (χ1n) is 13.9. The van der Waals surface area contributed by atoms with Crippen molar-refractivity contribution in [3.8, 4) is 17.0 Å². The number of fused-ring (bicyclic) bond motifs is 1. The first kappa shape index (κ1) is 33.9. The van der Waals surface area contributed by atoms with E-state index < -0.39 is 5.97 Å². The zero-order valence-corrected chi connectivity index (χ0v) is 27.0. The van der Waals surface area contributed by atoms with Gasteiger partial charge in [0.1, 0.15) is 11.3 Å². The number of aromatic nitrogens is 3. The first-order chi connectivity index (χ1) is 20.5. The third-order valence-corrected chi connectivity index (χ3v) is 6.80. The molecule has 0 fully saturated rings. The molecule has 2 heterocycles. The molecule has 2 N–H and O–H groups in total. The number of aryl methyl sites for hydroxylation is 1. The third kappa shape index (κ3) is 7.66. The maximum absolute atomic E-state index is 13.1. The highest BCUT2D eigenvalue weighted by atomic mass is 35.5. The molecule has 0 saturated heterocycles. The van der Waals surface area contributed by atoms with E-state index in [1.807, 2.05) is 74.2 Å². The standard InChI is InChI=1S/C32H39N7O4.ClH/c1-9-29(40)34-24-16-25(28(42-8)17-27(24)38(6)15-14-37(4)5)35-32-33-18-22(31(41)43-20(2)3)30(36-32)23-19-39(7)26-13-11-10-12-21(23)26;/h9-13,16-20H,1,14-15H2,2-8H3,(H,34,40)(H,33,35,36);1H. The van der Waals surface area contributed by atoms with Crippen LogP contribution in [0.15, 0.2) is 61.4 Å². The summed E-state index contributed by atoms with van der Waals surface area (Å²) in [5.41, 5.74) is 4.28. The van der Waals surface area contributed by atoms with E-state index in [1.54, 1.807) is 27.0 Å². The molecule has 0 aliphatic heterocycles. The number of carbonyl (C=O) groups is 2. The van der Waals surface area contributed by atoms with Crippen molar-refractivity contribution in [3.63, 3.8) is 0 Å². The lowest BCUT2D eigenvalue weighted by atomic mass is 10.1. The van der Waals surface area contributed by atoms with E-state index in [0.717, 1.165) is 28.7 Å². The van der Waals surface area contributed by atoms with Crippen LogP contribution in [0.5, 0.6) is 5.75 Å². The van der Waals surface area contributed by atoms with Crippen LogP contribution < -0.4 is 20.3 Å². The monoisotopic (exact) mass is 621 g/mol. The van der Waals surface area contributed by atoms with Gasteiger partial charge in [-0.3, -0.25) is 4.79 Å². The number of halogens is 1. The summed E-state index contributed by atoms with van der Waals surface area (Å²) < 4.78 is 13.2. The van der Waals surface area contributed by atoms with Crippen LogP contribution in [0.25, 0.3) is 22.2 Å². The van der Waals surface area contributed by atoms with Crippen LogP contribution in [-0.2, 0) is 16.6 Å². The molecule has 0 aliphatic carbocycles. The zero-order chi connectivity index (χ0) is 31.3. The predicted molar refractivity (Wildman–Crippen MR) is 179 cm³/mol. The molecule has 0 bridgehead atoms. The average Bonchev–Trinajstić information content (AvgIpc) is 3.31. The Balaban J connectivity index is 0.00000529. The number of ether oxygens (including phenoxy) is 2. The summed E-state index contributed by atoms with van der Waals surface area (Å²) in [4.78, 5) is 38.9. The molecule has 0 radical (unpaired) electrons. The molecule has 234 valence electrons. The van der Waals surface area contributed by atoms with Crippen molar-refractivity contribution in [2.45, 2.75) is 20.0 Å². The van der Waals surface area contributed by atoms with Crippen molar-refractivity contribution < 1.29 is 19.1 Å². The molecular weight excluding hydrogens is 582 g/mol.